The molecule has 94 valence electrons. The first-order valence-corrected chi connectivity index (χ1v) is 5.43. The Morgan fingerprint density at radius 2 is 2.06 bits per heavy atom. The fourth-order valence-electron chi connectivity index (χ4n) is 2.08. The van der Waals surface area contributed by atoms with E-state index in [0.29, 0.717) is 12.8 Å². The second-order valence-electron chi connectivity index (χ2n) is 3.94. The van der Waals surface area contributed by atoms with Gasteiger partial charge >= 0.3 is 12.0 Å². The number of carbonyl (C=O) groups is 3. The molecule has 1 fully saturated rings. The largest absolute Gasteiger partial charge is 0.479 e. The van der Waals surface area contributed by atoms with Crippen LogP contribution in [0.3, 0.4) is 0 Å². The first-order chi connectivity index (χ1) is 8.63. The first-order valence-electron chi connectivity index (χ1n) is 5.43. The average Bonchev–Trinajstić information content (AvgIpc) is 2.79. The summed E-state index contributed by atoms with van der Waals surface area (Å²) in [6, 6.07) is 7.47. The van der Waals surface area contributed by atoms with Crippen LogP contribution in [0.5, 0.6) is 0 Å². The molecule has 18 heavy (non-hydrogen) atoms. The SMILES string of the molecule is O=CC(C(=O)O)(c1ccccc1)N1CCNC1=O. The highest BCUT2D eigenvalue weighted by atomic mass is 16.4. The van der Waals surface area contributed by atoms with Crippen LogP contribution in [0.4, 0.5) is 4.79 Å². The molecule has 0 spiro atoms. The van der Waals surface area contributed by atoms with Gasteiger partial charge < -0.3 is 10.4 Å². The third-order valence-electron chi connectivity index (χ3n) is 2.99. The van der Waals surface area contributed by atoms with Crippen LogP contribution in [0.1, 0.15) is 5.56 Å². The molecule has 1 atom stereocenters. The van der Waals surface area contributed by atoms with Gasteiger partial charge in [-0.1, -0.05) is 30.3 Å². The molecule has 2 rings (SSSR count). The molecule has 1 aliphatic heterocycles. The Bertz CT molecular complexity index is 488. The summed E-state index contributed by atoms with van der Waals surface area (Å²) in [7, 11) is 0. The Balaban J connectivity index is 2.57. The fraction of sp³-hybridized carbons (Fsp3) is 0.250. The predicted octanol–water partition coefficient (Wildman–Crippen LogP) is 0.191. The molecule has 0 saturated carbocycles. The smallest absolute Gasteiger partial charge is 0.342 e. The molecular formula is C12H12N2O4. The zero-order valence-electron chi connectivity index (χ0n) is 9.50. The van der Waals surface area contributed by atoms with Gasteiger partial charge in [-0.05, 0) is 5.56 Å². The number of hydrogen-bond acceptors (Lipinski definition) is 3. The van der Waals surface area contributed by atoms with E-state index >= 15 is 0 Å². The van der Waals surface area contributed by atoms with Crippen molar-refractivity contribution in [3.63, 3.8) is 0 Å². The van der Waals surface area contributed by atoms with E-state index in [9.17, 15) is 19.5 Å². The third kappa shape index (κ3) is 1.62. The Morgan fingerprint density at radius 1 is 1.39 bits per heavy atom. The highest BCUT2D eigenvalue weighted by molar-refractivity contribution is 6.02. The van der Waals surface area contributed by atoms with E-state index in [1.54, 1.807) is 18.2 Å². The maximum atomic E-state index is 11.7. The van der Waals surface area contributed by atoms with Crippen LogP contribution in [0.2, 0.25) is 0 Å². The lowest BCUT2D eigenvalue weighted by Crippen LogP contribution is -2.54. The minimum absolute atomic E-state index is 0.179. The molecule has 1 unspecified atom stereocenters. The van der Waals surface area contributed by atoms with Gasteiger partial charge in [0.1, 0.15) is 0 Å². The van der Waals surface area contributed by atoms with Crippen molar-refractivity contribution >= 4 is 18.3 Å². The van der Waals surface area contributed by atoms with Gasteiger partial charge in [0.05, 0.1) is 0 Å². The number of aldehydes is 1. The number of carboxylic acids is 1. The summed E-state index contributed by atoms with van der Waals surface area (Å²) < 4.78 is 0. The number of carboxylic acid groups (broad SMARTS) is 1. The van der Waals surface area contributed by atoms with Crippen LogP contribution >= 0.6 is 0 Å². The van der Waals surface area contributed by atoms with Crippen molar-refractivity contribution in [2.75, 3.05) is 13.1 Å². The number of nitrogens with one attached hydrogen (secondary N) is 1. The van der Waals surface area contributed by atoms with Gasteiger partial charge in [0.2, 0.25) is 5.54 Å². The highest BCUT2D eigenvalue weighted by Crippen LogP contribution is 2.28. The van der Waals surface area contributed by atoms with E-state index in [1.165, 1.54) is 12.1 Å². The van der Waals surface area contributed by atoms with Crippen LogP contribution in [-0.4, -0.2) is 41.4 Å². The zero-order chi connectivity index (χ0) is 13.2. The van der Waals surface area contributed by atoms with Gasteiger partial charge in [-0.3, -0.25) is 9.69 Å². The minimum atomic E-state index is -1.96. The number of urea groups is 1. The monoisotopic (exact) mass is 248 g/mol. The number of benzene rings is 1. The van der Waals surface area contributed by atoms with Crippen molar-refractivity contribution in [1.82, 2.24) is 10.2 Å². The van der Waals surface area contributed by atoms with E-state index in [1.807, 2.05) is 0 Å². The van der Waals surface area contributed by atoms with Crippen molar-refractivity contribution in [1.29, 1.82) is 0 Å². The van der Waals surface area contributed by atoms with E-state index in [-0.39, 0.29) is 12.1 Å². The number of hydrogen-bond donors (Lipinski definition) is 2. The van der Waals surface area contributed by atoms with Crippen LogP contribution in [0.15, 0.2) is 30.3 Å². The summed E-state index contributed by atoms with van der Waals surface area (Å²) in [6.07, 6.45) is 0.301. The van der Waals surface area contributed by atoms with E-state index in [4.69, 9.17) is 0 Å². The van der Waals surface area contributed by atoms with Crippen LogP contribution in [0, 0.1) is 0 Å². The molecule has 1 aliphatic rings. The quantitative estimate of drug-likeness (QED) is 0.588. The summed E-state index contributed by atoms with van der Waals surface area (Å²) in [5, 5.41) is 11.9. The summed E-state index contributed by atoms with van der Waals surface area (Å²) in [5.74, 6) is -1.36. The van der Waals surface area contributed by atoms with Gasteiger partial charge in [-0.15, -0.1) is 0 Å². The molecule has 1 aromatic rings. The molecule has 2 amide bonds. The highest BCUT2D eigenvalue weighted by Gasteiger charge is 2.50. The Labute approximate surface area is 103 Å². The number of carbonyl (C=O) groups excluding carboxylic acids is 2. The lowest BCUT2D eigenvalue weighted by Gasteiger charge is -2.32. The van der Waals surface area contributed by atoms with Gasteiger partial charge in [0.25, 0.3) is 0 Å². The number of rotatable bonds is 4. The van der Waals surface area contributed by atoms with Gasteiger partial charge in [0, 0.05) is 13.1 Å². The maximum absolute atomic E-state index is 11.7. The first kappa shape index (κ1) is 12.1. The summed E-state index contributed by atoms with van der Waals surface area (Å²) in [4.78, 5) is 35.6. The molecule has 0 radical (unpaired) electrons. The van der Waals surface area contributed by atoms with Crippen LogP contribution in [0.25, 0.3) is 0 Å². The molecule has 0 aromatic heterocycles. The summed E-state index contributed by atoms with van der Waals surface area (Å²) in [6.45, 7) is 0.507. The van der Waals surface area contributed by atoms with E-state index < -0.39 is 17.5 Å². The lowest BCUT2D eigenvalue weighted by atomic mass is 9.90. The Morgan fingerprint density at radius 3 is 2.50 bits per heavy atom. The summed E-state index contributed by atoms with van der Waals surface area (Å²) >= 11 is 0. The fourth-order valence-corrected chi connectivity index (χ4v) is 2.08. The molecule has 2 N–H and O–H groups in total. The Kier molecular flexibility index (Phi) is 3.01. The lowest BCUT2D eigenvalue weighted by molar-refractivity contribution is -0.152. The Hall–Kier alpha value is -2.37. The van der Waals surface area contributed by atoms with Crippen LogP contribution in [-0.2, 0) is 15.1 Å². The van der Waals surface area contributed by atoms with Crippen molar-refractivity contribution < 1.29 is 19.5 Å². The topological polar surface area (TPSA) is 86.7 Å². The standard InChI is InChI=1S/C12H12N2O4/c15-8-12(10(16)17,9-4-2-1-3-5-9)14-7-6-13-11(14)18/h1-5,8H,6-7H2,(H,13,18)(H,16,17). The van der Waals surface area contributed by atoms with Crippen molar-refractivity contribution in [2.45, 2.75) is 5.54 Å². The molecule has 1 saturated heterocycles. The molecule has 6 heteroatoms. The minimum Gasteiger partial charge on any atom is -0.479 e. The molecule has 1 aromatic carbocycles. The molecule has 0 bridgehead atoms. The van der Waals surface area contributed by atoms with Gasteiger partial charge in [-0.2, -0.15) is 0 Å². The van der Waals surface area contributed by atoms with Crippen molar-refractivity contribution in [3.8, 4) is 0 Å². The van der Waals surface area contributed by atoms with E-state index in [2.05, 4.69) is 5.32 Å². The van der Waals surface area contributed by atoms with Crippen LogP contribution < -0.4 is 5.32 Å². The summed E-state index contributed by atoms with van der Waals surface area (Å²) in [5.41, 5.74) is -1.69. The predicted molar refractivity (Wildman–Crippen MR) is 61.9 cm³/mol. The van der Waals surface area contributed by atoms with E-state index in [0.717, 1.165) is 4.90 Å². The number of aliphatic carboxylic acids is 1. The average molecular weight is 248 g/mol. The molecular weight excluding hydrogens is 236 g/mol. The molecule has 1 heterocycles. The molecule has 0 aliphatic carbocycles. The maximum Gasteiger partial charge on any atom is 0.342 e. The second kappa shape index (κ2) is 4.48. The van der Waals surface area contributed by atoms with Gasteiger partial charge in [-0.25, -0.2) is 9.59 Å². The van der Waals surface area contributed by atoms with Crippen molar-refractivity contribution in [3.05, 3.63) is 35.9 Å². The zero-order valence-corrected chi connectivity index (χ0v) is 9.50. The molecule has 6 nitrogen and oxygen atoms in total. The number of amides is 2. The second-order valence-corrected chi connectivity index (χ2v) is 3.94. The third-order valence-corrected chi connectivity index (χ3v) is 2.99. The normalized spacial score (nSPS) is 18.0. The number of nitrogens with zero attached hydrogens (tertiary/aromatic N) is 1. The van der Waals surface area contributed by atoms with Crippen molar-refractivity contribution in [2.24, 2.45) is 0 Å². The van der Waals surface area contributed by atoms with Gasteiger partial charge in [0.15, 0.2) is 6.29 Å².